The van der Waals surface area contributed by atoms with E-state index in [2.05, 4.69) is 15.9 Å². The second-order valence-corrected chi connectivity index (χ2v) is 5.23. The normalized spacial score (nSPS) is 10.3. The van der Waals surface area contributed by atoms with Crippen molar-refractivity contribution in [2.45, 2.75) is 6.61 Å². The highest BCUT2D eigenvalue weighted by atomic mass is 79.9. The van der Waals surface area contributed by atoms with Crippen LogP contribution in [-0.4, -0.2) is 24.8 Å². The second-order valence-electron chi connectivity index (χ2n) is 4.38. The highest BCUT2D eigenvalue weighted by Gasteiger charge is 2.14. The SMILES string of the molecule is COc1cc(Br)c(COC(=O)c2cccn2C)cc1OC. The Morgan fingerprint density at radius 3 is 2.48 bits per heavy atom. The summed E-state index contributed by atoms with van der Waals surface area (Å²) in [4.78, 5) is 12.0. The Morgan fingerprint density at radius 2 is 1.90 bits per heavy atom. The number of methoxy groups -OCH3 is 2. The molecule has 6 heteroatoms. The molecular formula is C15H16BrNO4. The highest BCUT2D eigenvalue weighted by Crippen LogP contribution is 2.33. The van der Waals surface area contributed by atoms with Crippen LogP contribution in [0.5, 0.6) is 11.5 Å². The summed E-state index contributed by atoms with van der Waals surface area (Å²) in [5, 5.41) is 0. The molecule has 1 aromatic carbocycles. The first kappa shape index (κ1) is 15.4. The van der Waals surface area contributed by atoms with Crippen molar-refractivity contribution in [2.75, 3.05) is 14.2 Å². The molecule has 0 bridgehead atoms. The Balaban J connectivity index is 2.13. The van der Waals surface area contributed by atoms with Gasteiger partial charge in [0.2, 0.25) is 0 Å². The van der Waals surface area contributed by atoms with Gasteiger partial charge in [-0.05, 0) is 24.3 Å². The van der Waals surface area contributed by atoms with E-state index in [1.807, 2.05) is 0 Å². The third-order valence-electron chi connectivity index (χ3n) is 3.06. The van der Waals surface area contributed by atoms with Gasteiger partial charge in [-0.25, -0.2) is 4.79 Å². The van der Waals surface area contributed by atoms with Crippen LogP contribution in [-0.2, 0) is 18.4 Å². The van der Waals surface area contributed by atoms with Crippen LogP contribution in [0, 0.1) is 0 Å². The van der Waals surface area contributed by atoms with Gasteiger partial charge in [0.1, 0.15) is 12.3 Å². The van der Waals surface area contributed by atoms with Gasteiger partial charge in [0, 0.05) is 23.3 Å². The second kappa shape index (κ2) is 6.67. The Hall–Kier alpha value is -1.95. The number of halogens is 1. The molecule has 112 valence electrons. The Kier molecular flexibility index (Phi) is 4.90. The van der Waals surface area contributed by atoms with Gasteiger partial charge in [0.25, 0.3) is 0 Å². The molecule has 0 radical (unpaired) electrons. The number of carbonyl (C=O) groups excluding carboxylic acids is 1. The number of hydrogen-bond donors (Lipinski definition) is 0. The van der Waals surface area contributed by atoms with Gasteiger partial charge >= 0.3 is 5.97 Å². The summed E-state index contributed by atoms with van der Waals surface area (Å²) < 4.78 is 18.3. The van der Waals surface area contributed by atoms with Crippen molar-refractivity contribution in [3.05, 3.63) is 46.2 Å². The molecule has 0 aliphatic rings. The molecule has 21 heavy (non-hydrogen) atoms. The smallest absolute Gasteiger partial charge is 0.355 e. The Labute approximate surface area is 131 Å². The summed E-state index contributed by atoms with van der Waals surface area (Å²) in [5.41, 5.74) is 1.31. The molecule has 1 heterocycles. The maximum Gasteiger partial charge on any atom is 0.355 e. The van der Waals surface area contributed by atoms with E-state index >= 15 is 0 Å². The molecule has 0 N–H and O–H groups in total. The molecule has 0 spiro atoms. The molecule has 0 aliphatic carbocycles. The lowest BCUT2D eigenvalue weighted by molar-refractivity contribution is 0.0460. The van der Waals surface area contributed by atoms with Gasteiger partial charge in [0.15, 0.2) is 11.5 Å². The van der Waals surface area contributed by atoms with E-state index in [-0.39, 0.29) is 12.6 Å². The number of rotatable bonds is 5. The van der Waals surface area contributed by atoms with Crippen molar-refractivity contribution in [3.8, 4) is 11.5 Å². The number of esters is 1. The molecule has 0 unspecified atom stereocenters. The average molecular weight is 354 g/mol. The molecule has 0 atom stereocenters. The summed E-state index contributed by atoms with van der Waals surface area (Å²) in [6, 6.07) is 7.07. The Bertz CT molecular complexity index is 651. The van der Waals surface area contributed by atoms with E-state index in [1.54, 1.807) is 56.3 Å². The first-order valence-electron chi connectivity index (χ1n) is 6.25. The summed E-state index contributed by atoms with van der Waals surface area (Å²) in [6.45, 7) is 0.144. The van der Waals surface area contributed by atoms with Crippen LogP contribution >= 0.6 is 15.9 Å². The van der Waals surface area contributed by atoms with Crippen LogP contribution in [0.1, 0.15) is 16.1 Å². The van der Waals surface area contributed by atoms with Crippen molar-refractivity contribution in [1.82, 2.24) is 4.57 Å². The molecule has 0 saturated carbocycles. The molecule has 2 aromatic rings. The summed E-state index contributed by atoms with van der Waals surface area (Å²) >= 11 is 3.43. The molecule has 0 saturated heterocycles. The third kappa shape index (κ3) is 3.39. The van der Waals surface area contributed by atoms with Crippen molar-refractivity contribution >= 4 is 21.9 Å². The molecule has 0 aliphatic heterocycles. The molecule has 0 fully saturated rings. The molecule has 2 rings (SSSR count). The number of aryl methyl sites for hydroxylation is 1. The number of carbonyl (C=O) groups is 1. The van der Waals surface area contributed by atoms with Crippen LogP contribution in [0.2, 0.25) is 0 Å². The zero-order chi connectivity index (χ0) is 15.4. The summed E-state index contributed by atoms with van der Waals surface area (Å²) in [6.07, 6.45) is 1.79. The van der Waals surface area contributed by atoms with Crippen molar-refractivity contribution in [3.63, 3.8) is 0 Å². The average Bonchev–Trinajstić information content (AvgIpc) is 2.91. The standard InChI is InChI=1S/C15H16BrNO4/c1-17-6-4-5-12(17)15(18)21-9-10-7-13(19-2)14(20-3)8-11(10)16/h4-8H,9H2,1-3H3. The predicted molar refractivity (Wildman–Crippen MR) is 81.8 cm³/mol. The summed E-state index contributed by atoms with van der Waals surface area (Å²) in [5.74, 6) is 0.830. The van der Waals surface area contributed by atoms with Gasteiger partial charge < -0.3 is 18.8 Å². The van der Waals surface area contributed by atoms with E-state index in [1.165, 1.54) is 0 Å². The van der Waals surface area contributed by atoms with Gasteiger partial charge in [-0.3, -0.25) is 0 Å². The fraction of sp³-hybridized carbons (Fsp3) is 0.267. The van der Waals surface area contributed by atoms with Crippen LogP contribution in [0.25, 0.3) is 0 Å². The lowest BCUT2D eigenvalue weighted by Gasteiger charge is -2.12. The lowest BCUT2D eigenvalue weighted by atomic mass is 10.2. The maximum atomic E-state index is 12.0. The first-order chi connectivity index (χ1) is 10.1. The summed E-state index contributed by atoms with van der Waals surface area (Å²) in [7, 11) is 4.92. The first-order valence-corrected chi connectivity index (χ1v) is 7.05. The van der Waals surface area contributed by atoms with Crippen molar-refractivity contribution in [1.29, 1.82) is 0 Å². The molecule has 0 amide bonds. The minimum Gasteiger partial charge on any atom is -0.493 e. The quantitative estimate of drug-likeness (QED) is 0.774. The van der Waals surface area contributed by atoms with E-state index in [0.29, 0.717) is 17.2 Å². The largest absolute Gasteiger partial charge is 0.493 e. The van der Waals surface area contributed by atoms with Crippen molar-refractivity contribution in [2.24, 2.45) is 7.05 Å². The number of aromatic nitrogens is 1. The number of hydrogen-bond acceptors (Lipinski definition) is 4. The van der Waals surface area contributed by atoms with Crippen molar-refractivity contribution < 1.29 is 19.0 Å². The minimum atomic E-state index is -0.371. The maximum absolute atomic E-state index is 12.0. The van der Waals surface area contributed by atoms with Crippen LogP contribution in [0.3, 0.4) is 0 Å². The fourth-order valence-electron chi connectivity index (χ4n) is 1.90. The van der Waals surface area contributed by atoms with Gasteiger partial charge in [-0.1, -0.05) is 15.9 Å². The molecule has 1 aromatic heterocycles. The molecular weight excluding hydrogens is 338 g/mol. The van der Waals surface area contributed by atoms with E-state index < -0.39 is 0 Å². The zero-order valence-corrected chi connectivity index (χ0v) is 13.6. The number of benzene rings is 1. The van der Waals surface area contributed by atoms with Crippen LogP contribution < -0.4 is 9.47 Å². The van der Waals surface area contributed by atoms with E-state index in [9.17, 15) is 4.79 Å². The van der Waals surface area contributed by atoms with Gasteiger partial charge in [-0.15, -0.1) is 0 Å². The third-order valence-corrected chi connectivity index (χ3v) is 3.80. The van der Waals surface area contributed by atoms with E-state index in [4.69, 9.17) is 14.2 Å². The van der Waals surface area contributed by atoms with Gasteiger partial charge in [0.05, 0.1) is 14.2 Å². The lowest BCUT2D eigenvalue weighted by Crippen LogP contribution is -2.10. The highest BCUT2D eigenvalue weighted by molar-refractivity contribution is 9.10. The van der Waals surface area contributed by atoms with Crippen LogP contribution in [0.4, 0.5) is 0 Å². The molecule has 5 nitrogen and oxygen atoms in total. The van der Waals surface area contributed by atoms with Gasteiger partial charge in [-0.2, -0.15) is 0 Å². The fourth-order valence-corrected chi connectivity index (χ4v) is 2.33. The zero-order valence-electron chi connectivity index (χ0n) is 12.1. The minimum absolute atomic E-state index is 0.144. The number of ether oxygens (including phenoxy) is 3. The number of nitrogens with zero attached hydrogens (tertiary/aromatic N) is 1. The Morgan fingerprint density at radius 1 is 1.24 bits per heavy atom. The topological polar surface area (TPSA) is 49.7 Å². The van der Waals surface area contributed by atoms with Crippen LogP contribution in [0.15, 0.2) is 34.9 Å². The predicted octanol–water partition coefficient (Wildman–Crippen LogP) is 3.16. The monoisotopic (exact) mass is 353 g/mol. The van der Waals surface area contributed by atoms with E-state index in [0.717, 1.165) is 10.0 Å².